The molecule has 182 valence electrons. The summed E-state index contributed by atoms with van der Waals surface area (Å²) in [4.78, 5) is 9.41. The molecule has 0 spiro atoms. The summed E-state index contributed by atoms with van der Waals surface area (Å²) in [7, 11) is 1.83. The smallest absolute Gasteiger partial charge is 0.191 e. The van der Waals surface area contributed by atoms with Gasteiger partial charge in [-0.1, -0.05) is 42.5 Å². The second-order valence-electron chi connectivity index (χ2n) is 8.12. The summed E-state index contributed by atoms with van der Waals surface area (Å²) in [6.45, 7) is 10.6. The SMILES string of the molecule is CCOCCCCNC(=NC)NCc1ccccc1CN1CCN(c2ccccc2)CC1.I. The molecule has 3 rings (SSSR count). The standard InChI is InChI=1S/C26H39N5O.HI/c1-3-32-20-10-9-15-28-26(27-2)29-21-23-11-7-8-12-24(23)22-30-16-18-31(19-17-30)25-13-5-4-6-14-25;/h4-8,11-14H,3,9-10,15-22H2,1-2H3,(H2,27,28,29);1H. The van der Waals surface area contributed by atoms with Gasteiger partial charge in [0.15, 0.2) is 5.96 Å². The van der Waals surface area contributed by atoms with Crippen molar-refractivity contribution in [2.45, 2.75) is 32.9 Å². The Morgan fingerprint density at radius 1 is 0.909 bits per heavy atom. The number of hydrogen-bond acceptors (Lipinski definition) is 4. The lowest BCUT2D eigenvalue weighted by molar-refractivity contribution is 0.143. The van der Waals surface area contributed by atoms with Crippen molar-refractivity contribution in [2.75, 3.05) is 57.9 Å². The molecule has 2 aromatic carbocycles. The zero-order chi connectivity index (χ0) is 22.4. The molecular formula is C26H40IN5O. The van der Waals surface area contributed by atoms with Crippen LogP contribution in [0.25, 0.3) is 0 Å². The van der Waals surface area contributed by atoms with E-state index in [1.807, 2.05) is 14.0 Å². The number of ether oxygens (including phenoxy) is 1. The number of rotatable bonds is 11. The van der Waals surface area contributed by atoms with Crippen LogP contribution in [0.3, 0.4) is 0 Å². The molecule has 0 atom stereocenters. The van der Waals surface area contributed by atoms with Crippen LogP contribution in [-0.2, 0) is 17.8 Å². The zero-order valence-corrected chi connectivity index (χ0v) is 22.5. The number of nitrogens with zero attached hydrogens (tertiary/aromatic N) is 3. The molecule has 6 nitrogen and oxygen atoms in total. The quantitative estimate of drug-likeness (QED) is 0.186. The van der Waals surface area contributed by atoms with Crippen LogP contribution in [0.4, 0.5) is 5.69 Å². The van der Waals surface area contributed by atoms with Gasteiger partial charge in [0, 0.05) is 71.8 Å². The molecule has 2 aromatic rings. The van der Waals surface area contributed by atoms with E-state index < -0.39 is 0 Å². The maximum absolute atomic E-state index is 5.40. The molecule has 1 saturated heterocycles. The lowest BCUT2D eigenvalue weighted by Gasteiger charge is -2.36. The molecule has 33 heavy (non-hydrogen) atoms. The van der Waals surface area contributed by atoms with Crippen molar-refractivity contribution < 1.29 is 4.74 Å². The monoisotopic (exact) mass is 565 g/mol. The van der Waals surface area contributed by atoms with Gasteiger partial charge in [-0.15, -0.1) is 24.0 Å². The zero-order valence-electron chi connectivity index (χ0n) is 20.1. The third-order valence-corrected chi connectivity index (χ3v) is 5.89. The summed E-state index contributed by atoms with van der Waals surface area (Å²) < 4.78 is 5.40. The fraction of sp³-hybridized carbons (Fsp3) is 0.500. The normalized spacial score (nSPS) is 14.6. The first-order chi connectivity index (χ1) is 15.8. The molecule has 1 aliphatic rings. The van der Waals surface area contributed by atoms with E-state index in [1.54, 1.807) is 0 Å². The molecule has 0 aromatic heterocycles. The van der Waals surface area contributed by atoms with E-state index in [0.717, 1.165) is 77.8 Å². The fourth-order valence-corrected chi connectivity index (χ4v) is 4.01. The van der Waals surface area contributed by atoms with Crippen LogP contribution in [0.2, 0.25) is 0 Å². The Bertz CT molecular complexity index is 809. The van der Waals surface area contributed by atoms with Gasteiger partial charge in [-0.05, 0) is 43.0 Å². The number of nitrogens with one attached hydrogen (secondary N) is 2. The van der Waals surface area contributed by atoms with E-state index in [2.05, 4.69) is 80.0 Å². The molecule has 0 amide bonds. The number of hydrogen-bond donors (Lipinski definition) is 2. The van der Waals surface area contributed by atoms with Crippen molar-refractivity contribution >= 4 is 35.6 Å². The Balaban J connectivity index is 0.00000385. The van der Waals surface area contributed by atoms with Gasteiger partial charge in [0.2, 0.25) is 0 Å². The van der Waals surface area contributed by atoms with Gasteiger partial charge in [0.05, 0.1) is 0 Å². The number of piperazine rings is 1. The summed E-state index contributed by atoms with van der Waals surface area (Å²) in [6.07, 6.45) is 2.14. The highest BCUT2D eigenvalue weighted by atomic mass is 127. The Labute approximate surface area is 216 Å². The summed E-state index contributed by atoms with van der Waals surface area (Å²) in [6, 6.07) is 19.5. The number of unbranched alkanes of at least 4 members (excludes halogenated alkanes) is 1. The third kappa shape index (κ3) is 9.51. The van der Waals surface area contributed by atoms with Crippen molar-refractivity contribution in [1.29, 1.82) is 0 Å². The minimum atomic E-state index is 0. The number of aliphatic imine (C=N–C) groups is 1. The average molecular weight is 566 g/mol. The maximum Gasteiger partial charge on any atom is 0.191 e. The van der Waals surface area contributed by atoms with Gasteiger partial charge >= 0.3 is 0 Å². The van der Waals surface area contributed by atoms with Crippen molar-refractivity contribution in [1.82, 2.24) is 15.5 Å². The minimum Gasteiger partial charge on any atom is -0.382 e. The summed E-state index contributed by atoms with van der Waals surface area (Å²) >= 11 is 0. The molecule has 0 saturated carbocycles. The Kier molecular flexibility index (Phi) is 13.2. The Morgan fingerprint density at radius 3 is 2.30 bits per heavy atom. The lowest BCUT2D eigenvalue weighted by Crippen LogP contribution is -2.46. The van der Waals surface area contributed by atoms with Gasteiger partial charge in [-0.25, -0.2) is 0 Å². The third-order valence-electron chi connectivity index (χ3n) is 5.89. The van der Waals surface area contributed by atoms with Gasteiger partial charge in [-0.3, -0.25) is 9.89 Å². The topological polar surface area (TPSA) is 52.1 Å². The Morgan fingerprint density at radius 2 is 1.61 bits per heavy atom. The highest BCUT2D eigenvalue weighted by molar-refractivity contribution is 14.0. The molecule has 0 aliphatic carbocycles. The predicted molar refractivity (Wildman–Crippen MR) is 150 cm³/mol. The molecule has 7 heteroatoms. The maximum atomic E-state index is 5.40. The van der Waals surface area contributed by atoms with Crippen molar-refractivity contribution in [3.8, 4) is 0 Å². The van der Waals surface area contributed by atoms with Crippen LogP contribution in [-0.4, -0.2) is 63.8 Å². The van der Waals surface area contributed by atoms with Gasteiger partial charge in [-0.2, -0.15) is 0 Å². The molecule has 1 heterocycles. The van der Waals surface area contributed by atoms with E-state index in [9.17, 15) is 0 Å². The summed E-state index contributed by atoms with van der Waals surface area (Å²) in [5, 5.41) is 6.88. The number of benzene rings is 2. The molecule has 2 N–H and O–H groups in total. The van der Waals surface area contributed by atoms with E-state index in [1.165, 1.54) is 16.8 Å². The van der Waals surface area contributed by atoms with Gasteiger partial charge in [0.25, 0.3) is 0 Å². The first-order valence-corrected chi connectivity index (χ1v) is 11.9. The van der Waals surface area contributed by atoms with Crippen molar-refractivity contribution in [3.05, 3.63) is 65.7 Å². The fourth-order valence-electron chi connectivity index (χ4n) is 4.01. The van der Waals surface area contributed by atoms with Crippen molar-refractivity contribution in [3.63, 3.8) is 0 Å². The first kappa shape index (κ1) is 27.4. The highest BCUT2D eigenvalue weighted by Crippen LogP contribution is 2.18. The van der Waals surface area contributed by atoms with E-state index in [0.29, 0.717) is 0 Å². The number of anilines is 1. The first-order valence-electron chi connectivity index (χ1n) is 11.9. The number of para-hydroxylation sites is 1. The van der Waals surface area contributed by atoms with Crippen LogP contribution >= 0.6 is 24.0 Å². The Hall–Kier alpha value is -1.84. The van der Waals surface area contributed by atoms with E-state index >= 15 is 0 Å². The molecular weight excluding hydrogens is 525 g/mol. The average Bonchev–Trinajstić information content (AvgIpc) is 2.85. The van der Waals surface area contributed by atoms with Crippen LogP contribution in [0.5, 0.6) is 0 Å². The molecule has 0 unspecified atom stereocenters. The number of guanidine groups is 1. The van der Waals surface area contributed by atoms with Crippen molar-refractivity contribution in [2.24, 2.45) is 4.99 Å². The molecule has 1 fully saturated rings. The highest BCUT2D eigenvalue weighted by Gasteiger charge is 2.18. The molecule has 0 radical (unpaired) electrons. The van der Waals surface area contributed by atoms with Crippen LogP contribution in [0.15, 0.2) is 59.6 Å². The lowest BCUT2D eigenvalue weighted by atomic mass is 10.1. The minimum absolute atomic E-state index is 0. The van der Waals surface area contributed by atoms with E-state index in [-0.39, 0.29) is 24.0 Å². The summed E-state index contributed by atoms with van der Waals surface area (Å²) in [5.41, 5.74) is 4.05. The van der Waals surface area contributed by atoms with Gasteiger partial charge in [0.1, 0.15) is 0 Å². The van der Waals surface area contributed by atoms with Crippen LogP contribution in [0, 0.1) is 0 Å². The second kappa shape index (κ2) is 15.9. The predicted octanol–water partition coefficient (Wildman–Crippen LogP) is 4.11. The largest absolute Gasteiger partial charge is 0.382 e. The molecule has 1 aliphatic heterocycles. The summed E-state index contributed by atoms with van der Waals surface area (Å²) in [5.74, 6) is 0.854. The van der Waals surface area contributed by atoms with Crippen LogP contribution in [0.1, 0.15) is 30.9 Å². The van der Waals surface area contributed by atoms with E-state index in [4.69, 9.17) is 4.74 Å². The van der Waals surface area contributed by atoms with Crippen LogP contribution < -0.4 is 15.5 Å². The number of halogens is 1. The van der Waals surface area contributed by atoms with Gasteiger partial charge < -0.3 is 20.3 Å². The molecule has 0 bridgehead atoms. The second-order valence-corrected chi connectivity index (χ2v) is 8.12.